The summed E-state index contributed by atoms with van der Waals surface area (Å²) >= 11 is 0. The molecule has 0 aromatic heterocycles. The molecule has 92 valence electrons. The summed E-state index contributed by atoms with van der Waals surface area (Å²) in [6, 6.07) is 0.624. The van der Waals surface area contributed by atoms with Gasteiger partial charge in [-0.15, -0.1) is 0 Å². The number of hydrogen-bond acceptors (Lipinski definition) is 3. The zero-order chi connectivity index (χ0) is 11.4. The third-order valence-electron chi connectivity index (χ3n) is 3.96. The van der Waals surface area contributed by atoms with E-state index in [1.54, 1.807) is 0 Å². The first kappa shape index (κ1) is 12.1. The molecule has 1 atom stereocenters. The van der Waals surface area contributed by atoms with Crippen molar-refractivity contribution in [3.05, 3.63) is 0 Å². The van der Waals surface area contributed by atoms with Crippen molar-refractivity contribution in [3.8, 4) is 0 Å². The molecule has 16 heavy (non-hydrogen) atoms. The normalized spacial score (nSPS) is 27.9. The molecule has 0 amide bonds. The predicted molar refractivity (Wildman–Crippen MR) is 63.5 cm³/mol. The molecule has 2 aliphatic rings. The van der Waals surface area contributed by atoms with E-state index in [0.717, 1.165) is 45.3 Å². The Kier molecular flexibility index (Phi) is 4.36. The lowest BCUT2D eigenvalue weighted by molar-refractivity contribution is -0.121. The van der Waals surface area contributed by atoms with Crippen LogP contribution in [-0.2, 0) is 9.53 Å². The van der Waals surface area contributed by atoms with Crippen LogP contribution < -0.4 is 0 Å². The Morgan fingerprint density at radius 3 is 2.69 bits per heavy atom. The van der Waals surface area contributed by atoms with Gasteiger partial charge in [0.1, 0.15) is 5.78 Å². The first-order valence-corrected chi connectivity index (χ1v) is 6.59. The van der Waals surface area contributed by atoms with Crippen LogP contribution in [-0.4, -0.2) is 43.0 Å². The van der Waals surface area contributed by atoms with Crippen molar-refractivity contribution in [3.63, 3.8) is 0 Å². The first-order chi connectivity index (χ1) is 7.75. The molecule has 0 bridgehead atoms. The number of ether oxygens (including phenoxy) is 1. The quantitative estimate of drug-likeness (QED) is 0.733. The van der Waals surface area contributed by atoms with Gasteiger partial charge in [-0.25, -0.2) is 0 Å². The molecule has 1 heterocycles. The first-order valence-electron chi connectivity index (χ1n) is 6.59. The summed E-state index contributed by atoms with van der Waals surface area (Å²) < 4.78 is 5.63. The fourth-order valence-corrected chi connectivity index (χ4v) is 2.77. The van der Waals surface area contributed by atoms with Gasteiger partial charge in [-0.2, -0.15) is 0 Å². The molecule has 0 spiro atoms. The van der Waals surface area contributed by atoms with E-state index >= 15 is 0 Å². The zero-order valence-electron chi connectivity index (χ0n) is 10.3. The van der Waals surface area contributed by atoms with Gasteiger partial charge in [0.2, 0.25) is 0 Å². The monoisotopic (exact) mass is 225 g/mol. The molecule has 0 aromatic rings. The van der Waals surface area contributed by atoms with E-state index in [2.05, 4.69) is 11.9 Å². The third-order valence-corrected chi connectivity index (χ3v) is 3.96. The maximum absolute atomic E-state index is 11.2. The van der Waals surface area contributed by atoms with Crippen molar-refractivity contribution >= 4 is 5.78 Å². The van der Waals surface area contributed by atoms with Crippen LogP contribution in [0.1, 0.15) is 44.9 Å². The zero-order valence-corrected chi connectivity index (χ0v) is 10.3. The van der Waals surface area contributed by atoms with E-state index in [9.17, 15) is 4.79 Å². The minimum atomic E-state index is 0.448. The molecule has 1 aliphatic carbocycles. The second-order valence-corrected chi connectivity index (χ2v) is 5.17. The molecular weight excluding hydrogens is 202 g/mol. The molecule has 0 aromatic carbocycles. The highest BCUT2D eigenvalue weighted by Crippen LogP contribution is 2.21. The number of hydrogen-bond donors (Lipinski definition) is 0. The number of nitrogens with zero attached hydrogens (tertiary/aromatic N) is 1. The Balaban J connectivity index is 1.66. The molecule has 2 rings (SSSR count). The molecule has 3 heteroatoms. The smallest absolute Gasteiger partial charge is 0.133 e. The lowest BCUT2D eigenvalue weighted by atomic mass is 9.93. The van der Waals surface area contributed by atoms with Crippen LogP contribution in [0.3, 0.4) is 0 Å². The van der Waals surface area contributed by atoms with Crippen LogP contribution >= 0.6 is 0 Å². The predicted octanol–water partition coefficient (Wildman–Crippen LogP) is 2.00. The van der Waals surface area contributed by atoms with Gasteiger partial charge in [-0.05, 0) is 39.2 Å². The number of rotatable bonds is 4. The van der Waals surface area contributed by atoms with Gasteiger partial charge in [0.25, 0.3) is 0 Å². The summed E-state index contributed by atoms with van der Waals surface area (Å²) in [5.74, 6) is 0.448. The van der Waals surface area contributed by atoms with Crippen molar-refractivity contribution in [1.82, 2.24) is 4.90 Å². The minimum Gasteiger partial charge on any atom is -0.378 e. The second-order valence-electron chi connectivity index (χ2n) is 5.17. The van der Waals surface area contributed by atoms with E-state index in [1.165, 1.54) is 12.8 Å². The number of ketones is 1. The van der Waals surface area contributed by atoms with E-state index in [-0.39, 0.29) is 0 Å². The highest BCUT2D eigenvalue weighted by atomic mass is 16.5. The van der Waals surface area contributed by atoms with Crippen molar-refractivity contribution in [1.29, 1.82) is 0 Å². The Bertz CT molecular complexity index is 226. The molecule has 1 saturated heterocycles. The number of Topliss-reactive ketones (excluding diaryl/α,β-unsaturated/α-hetero) is 1. The van der Waals surface area contributed by atoms with Crippen molar-refractivity contribution < 1.29 is 9.53 Å². The van der Waals surface area contributed by atoms with Crippen LogP contribution in [0, 0.1) is 0 Å². The fraction of sp³-hybridized carbons (Fsp3) is 0.923. The molecule has 0 radical (unpaired) electrons. The molecule has 1 saturated carbocycles. The van der Waals surface area contributed by atoms with E-state index in [4.69, 9.17) is 4.74 Å². The van der Waals surface area contributed by atoms with Gasteiger partial charge < -0.3 is 9.64 Å². The standard InChI is InChI=1S/C13H23NO2/c1-14(9-8-13-3-2-10-16-13)11-4-6-12(15)7-5-11/h11,13H,2-10H2,1H3. The van der Waals surface area contributed by atoms with Crippen molar-refractivity contribution in [2.45, 2.75) is 57.1 Å². The molecule has 3 nitrogen and oxygen atoms in total. The largest absolute Gasteiger partial charge is 0.378 e. The summed E-state index contributed by atoms with van der Waals surface area (Å²) in [6.45, 7) is 2.07. The average molecular weight is 225 g/mol. The Hall–Kier alpha value is -0.410. The summed E-state index contributed by atoms with van der Waals surface area (Å²) in [5, 5.41) is 0. The summed E-state index contributed by atoms with van der Waals surface area (Å²) in [5.41, 5.74) is 0. The van der Waals surface area contributed by atoms with Gasteiger partial charge >= 0.3 is 0 Å². The van der Waals surface area contributed by atoms with Crippen molar-refractivity contribution in [2.75, 3.05) is 20.2 Å². The van der Waals surface area contributed by atoms with Crippen LogP contribution in [0.4, 0.5) is 0 Å². The summed E-state index contributed by atoms with van der Waals surface area (Å²) in [7, 11) is 2.19. The lowest BCUT2D eigenvalue weighted by Crippen LogP contribution is -2.36. The lowest BCUT2D eigenvalue weighted by Gasteiger charge is -2.31. The van der Waals surface area contributed by atoms with E-state index in [0.29, 0.717) is 17.9 Å². The van der Waals surface area contributed by atoms with E-state index in [1.807, 2.05) is 0 Å². The van der Waals surface area contributed by atoms with Crippen LogP contribution in [0.2, 0.25) is 0 Å². The number of carbonyl (C=O) groups is 1. The van der Waals surface area contributed by atoms with Gasteiger partial charge in [0.05, 0.1) is 6.10 Å². The minimum absolute atomic E-state index is 0.448. The topological polar surface area (TPSA) is 29.5 Å². The van der Waals surface area contributed by atoms with Crippen molar-refractivity contribution in [2.24, 2.45) is 0 Å². The van der Waals surface area contributed by atoms with Crippen LogP contribution in [0.15, 0.2) is 0 Å². The van der Waals surface area contributed by atoms with E-state index < -0.39 is 0 Å². The third kappa shape index (κ3) is 3.29. The Labute approximate surface area is 98.1 Å². The fourth-order valence-electron chi connectivity index (χ4n) is 2.77. The molecule has 2 fully saturated rings. The van der Waals surface area contributed by atoms with Crippen LogP contribution in [0.5, 0.6) is 0 Å². The average Bonchev–Trinajstić information content (AvgIpc) is 2.80. The van der Waals surface area contributed by atoms with Crippen LogP contribution in [0.25, 0.3) is 0 Å². The maximum atomic E-state index is 11.2. The van der Waals surface area contributed by atoms with Gasteiger partial charge in [-0.3, -0.25) is 4.79 Å². The molecule has 1 unspecified atom stereocenters. The number of carbonyl (C=O) groups excluding carboxylic acids is 1. The molecule has 1 aliphatic heterocycles. The Morgan fingerprint density at radius 1 is 1.31 bits per heavy atom. The second kappa shape index (κ2) is 5.78. The molecular formula is C13H23NO2. The summed E-state index contributed by atoms with van der Waals surface area (Å²) in [6.07, 6.45) is 7.79. The van der Waals surface area contributed by atoms with Gasteiger partial charge in [-0.1, -0.05) is 0 Å². The maximum Gasteiger partial charge on any atom is 0.133 e. The van der Waals surface area contributed by atoms with Gasteiger partial charge in [0, 0.05) is 32.0 Å². The Morgan fingerprint density at radius 2 is 2.06 bits per heavy atom. The highest BCUT2D eigenvalue weighted by Gasteiger charge is 2.23. The SMILES string of the molecule is CN(CCC1CCCO1)C1CCC(=O)CC1. The van der Waals surface area contributed by atoms with Gasteiger partial charge in [0.15, 0.2) is 0 Å². The highest BCUT2D eigenvalue weighted by molar-refractivity contribution is 5.79. The summed E-state index contributed by atoms with van der Waals surface area (Å²) in [4.78, 5) is 13.6. The molecule has 0 N–H and O–H groups in total.